The molecule has 1 amide bonds. The Morgan fingerprint density at radius 1 is 1.30 bits per heavy atom. The number of anilines is 2. The molecule has 1 fully saturated rings. The molecule has 1 aromatic heterocycles. The Hall–Kier alpha value is -1.62. The number of aromatic nitrogens is 1. The van der Waals surface area contributed by atoms with Crippen LogP contribution in [0, 0.1) is 5.92 Å². The number of carbonyl (C=O) groups is 1. The molecule has 5 heteroatoms. The quantitative estimate of drug-likeness (QED) is 0.891. The third kappa shape index (κ3) is 4.49. The first-order valence-electron chi connectivity index (χ1n) is 7.07. The van der Waals surface area contributed by atoms with Crippen molar-refractivity contribution in [1.82, 2.24) is 4.98 Å². The lowest BCUT2D eigenvalue weighted by Gasteiger charge is -2.22. The first kappa shape index (κ1) is 14.8. The zero-order valence-electron chi connectivity index (χ0n) is 12.4. The van der Waals surface area contributed by atoms with Gasteiger partial charge in [-0.05, 0) is 45.7 Å². The maximum Gasteiger partial charge on any atom is 0.227 e. The Morgan fingerprint density at radius 2 is 2.00 bits per heavy atom. The lowest BCUT2D eigenvalue weighted by molar-refractivity contribution is -0.122. The first-order valence-corrected chi connectivity index (χ1v) is 7.07. The van der Waals surface area contributed by atoms with Crippen LogP contribution in [-0.4, -0.2) is 29.6 Å². The number of amides is 1. The predicted molar refractivity (Wildman–Crippen MR) is 79.8 cm³/mol. The van der Waals surface area contributed by atoms with Gasteiger partial charge in [-0.2, -0.15) is 0 Å². The van der Waals surface area contributed by atoms with Gasteiger partial charge in [0.1, 0.15) is 5.82 Å². The summed E-state index contributed by atoms with van der Waals surface area (Å²) in [4.78, 5) is 16.4. The number of rotatable bonds is 3. The summed E-state index contributed by atoms with van der Waals surface area (Å²) in [6, 6.07) is 3.75. The van der Waals surface area contributed by atoms with E-state index in [2.05, 4.69) is 36.4 Å². The van der Waals surface area contributed by atoms with Crippen molar-refractivity contribution in [3.05, 3.63) is 18.3 Å². The van der Waals surface area contributed by atoms with Crippen LogP contribution in [-0.2, 0) is 9.53 Å². The highest BCUT2D eigenvalue weighted by Gasteiger charge is 2.21. The largest absolute Gasteiger partial charge is 0.381 e. The molecule has 0 unspecified atom stereocenters. The Kier molecular flexibility index (Phi) is 4.60. The van der Waals surface area contributed by atoms with Gasteiger partial charge >= 0.3 is 0 Å². The molecule has 110 valence electrons. The maximum atomic E-state index is 12.1. The minimum absolute atomic E-state index is 0.0279. The van der Waals surface area contributed by atoms with Gasteiger partial charge in [0.15, 0.2) is 0 Å². The molecule has 1 aromatic rings. The fraction of sp³-hybridized carbons (Fsp3) is 0.600. The van der Waals surface area contributed by atoms with E-state index < -0.39 is 0 Å². The van der Waals surface area contributed by atoms with E-state index in [9.17, 15) is 4.79 Å². The minimum atomic E-state index is -0.0279. The van der Waals surface area contributed by atoms with Gasteiger partial charge in [0, 0.05) is 24.7 Å². The van der Waals surface area contributed by atoms with Gasteiger partial charge in [0.25, 0.3) is 0 Å². The molecule has 0 bridgehead atoms. The van der Waals surface area contributed by atoms with Crippen molar-refractivity contribution < 1.29 is 9.53 Å². The third-order valence-electron chi connectivity index (χ3n) is 3.13. The molecule has 0 aliphatic carbocycles. The highest BCUT2D eigenvalue weighted by Crippen LogP contribution is 2.18. The molecular weight excluding hydrogens is 254 g/mol. The number of carbonyl (C=O) groups excluding carboxylic acids is 1. The van der Waals surface area contributed by atoms with E-state index in [4.69, 9.17) is 4.74 Å². The molecule has 1 saturated heterocycles. The summed E-state index contributed by atoms with van der Waals surface area (Å²) < 4.78 is 5.26. The van der Waals surface area contributed by atoms with Gasteiger partial charge < -0.3 is 15.4 Å². The predicted octanol–water partition coefficient (Wildman–Crippen LogP) is 2.66. The zero-order valence-corrected chi connectivity index (χ0v) is 12.4. The van der Waals surface area contributed by atoms with Gasteiger partial charge in [-0.1, -0.05) is 0 Å². The normalized spacial score (nSPS) is 16.8. The number of pyridine rings is 1. The topological polar surface area (TPSA) is 63.2 Å². The van der Waals surface area contributed by atoms with E-state index in [0.29, 0.717) is 13.2 Å². The second-order valence-corrected chi connectivity index (χ2v) is 6.18. The van der Waals surface area contributed by atoms with Crippen molar-refractivity contribution in [2.45, 2.75) is 39.2 Å². The van der Waals surface area contributed by atoms with Gasteiger partial charge in [-0.15, -0.1) is 0 Å². The van der Waals surface area contributed by atoms with Crippen molar-refractivity contribution in [3.8, 4) is 0 Å². The standard InChI is InChI=1S/C15H23N3O2/c1-15(2,3)18-13-5-4-12(10-16-13)17-14(19)11-6-8-20-9-7-11/h4-5,10-11H,6-9H2,1-3H3,(H,16,18)(H,17,19). The van der Waals surface area contributed by atoms with E-state index in [1.54, 1.807) is 6.20 Å². The summed E-state index contributed by atoms with van der Waals surface area (Å²) in [6.07, 6.45) is 3.27. The molecule has 5 nitrogen and oxygen atoms in total. The van der Waals surface area contributed by atoms with Crippen molar-refractivity contribution in [3.63, 3.8) is 0 Å². The molecule has 0 saturated carbocycles. The van der Waals surface area contributed by atoms with E-state index in [1.807, 2.05) is 12.1 Å². The Labute approximate surface area is 120 Å². The van der Waals surface area contributed by atoms with Crippen molar-refractivity contribution in [1.29, 1.82) is 0 Å². The van der Waals surface area contributed by atoms with Crippen LogP contribution < -0.4 is 10.6 Å². The van der Waals surface area contributed by atoms with Crippen LogP contribution in [0.2, 0.25) is 0 Å². The third-order valence-corrected chi connectivity index (χ3v) is 3.13. The van der Waals surface area contributed by atoms with Crippen LogP contribution >= 0.6 is 0 Å². The van der Waals surface area contributed by atoms with Crippen molar-refractivity contribution >= 4 is 17.4 Å². The molecule has 0 spiro atoms. The molecule has 2 heterocycles. The van der Waals surface area contributed by atoms with Crippen LogP contribution in [0.15, 0.2) is 18.3 Å². The summed E-state index contributed by atoms with van der Waals surface area (Å²) in [5, 5.41) is 6.20. The van der Waals surface area contributed by atoms with Gasteiger partial charge in [0.2, 0.25) is 5.91 Å². The summed E-state index contributed by atoms with van der Waals surface area (Å²) in [5.74, 6) is 0.921. The van der Waals surface area contributed by atoms with Crippen molar-refractivity contribution in [2.75, 3.05) is 23.8 Å². The second-order valence-electron chi connectivity index (χ2n) is 6.18. The Morgan fingerprint density at radius 3 is 2.55 bits per heavy atom. The average molecular weight is 277 g/mol. The molecule has 0 aromatic carbocycles. The van der Waals surface area contributed by atoms with Crippen LogP contribution in [0.3, 0.4) is 0 Å². The Balaban J connectivity index is 1.91. The lowest BCUT2D eigenvalue weighted by Crippen LogP contribution is -2.28. The number of nitrogens with one attached hydrogen (secondary N) is 2. The van der Waals surface area contributed by atoms with Gasteiger partial charge in [-0.3, -0.25) is 4.79 Å². The molecule has 2 rings (SSSR count). The first-order chi connectivity index (χ1) is 9.44. The number of ether oxygens (including phenoxy) is 1. The van der Waals surface area contributed by atoms with E-state index in [0.717, 1.165) is 24.3 Å². The SMILES string of the molecule is CC(C)(C)Nc1ccc(NC(=O)C2CCOCC2)cn1. The smallest absolute Gasteiger partial charge is 0.227 e. The summed E-state index contributed by atoms with van der Waals surface area (Å²) in [7, 11) is 0. The van der Waals surface area contributed by atoms with Crippen LogP contribution in [0.25, 0.3) is 0 Å². The van der Waals surface area contributed by atoms with Crippen LogP contribution in [0.1, 0.15) is 33.6 Å². The molecule has 1 aliphatic rings. The van der Waals surface area contributed by atoms with E-state index in [1.165, 1.54) is 0 Å². The molecule has 0 atom stereocenters. The molecule has 2 N–H and O–H groups in total. The lowest BCUT2D eigenvalue weighted by atomic mass is 9.99. The van der Waals surface area contributed by atoms with Crippen molar-refractivity contribution in [2.24, 2.45) is 5.92 Å². The van der Waals surface area contributed by atoms with E-state index in [-0.39, 0.29) is 17.4 Å². The summed E-state index contributed by atoms with van der Waals surface area (Å²) >= 11 is 0. The van der Waals surface area contributed by atoms with Gasteiger partial charge in [0.05, 0.1) is 11.9 Å². The molecule has 0 radical (unpaired) electrons. The fourth-order valence-corrected chi connectivity index (χ4v) is 2.13. The summed E-state index contributed by atoms with van der Waals surface area (Å²) in [6.45, 7) is 7.58. The fourth-order valence-electron chi connectivity index (χ4n) is 2.13. The minimum Gasteiger partial charge on any atom is -0.381 e. The molecular formula is C15H23N3O2. The molecule has 1 aliphatic heterocycles. The van der Waals surface area contributed by atoms with Crippen LogP contribution in [0.4, 0.5) is 11.5 Å². The second kappa shape index (κ2) is 6.22. The van der Waals surface area contributed by atoms with Gasteiger partial charge in [-0.25, -0.2) is 4.98 Å². The maximum absolute atomic E-state index is 12.1. The van der Waals surface area contributed by atoms with Crippen LogP contribution in [0.5, 0.6) is 0 Å². The average Bonchev–Trinajstić information content (AvgIpc) is 2.40. The summed E-state index contributed by atoms with van der Waals surface area (Å²) in [5.41, 5.74) is 0.709. The molecule has 20 heavy (non-hydrogen) atoms. The van der Waals surface area contributed by atoms with E-state index >= 15 is 0 Å². The Bertz CT molecular complexity index is 445. The number of nitrogens with zero attached hydrogens (tertiary/aromatic N) is 1. The number of hydrogen-bond donors (Lipinski definition) is 2. The monoisotopic (exact) mass is 277 g/mol. The highest BCUT2D eigenvalue weighted by molar-refractivity contribution is 5.92. The highest BCUT2D eigenvalue weighted by atomic mass is 16.5. The zero-order chi connectivity index (χ0) is 14.6. The number of hydrogen-bond acceptors (Lipinski definition) is 4.